The van der Waals surface area contributed by atoms with Gasteiger partial charge in [0.25, 0.3) is 0 Å². The summed E-state index contributed by atoms with van der Waals surface area (Å²) in [6.07, 6.45) is 1.99. The van der Waals surface area contributed by atoms with Crippen molar-refractivity contribution in [2.45, 2.75) is 45.9 Å². The van der Waals surface area contributed by atoms with E-state index in [-0.39, 0.29) is 5.79 Å². The SMILES string of the molecule is Cc1cc(C)c(CN2CCC3(CC2)OCCO3)c(C)c1. The molecule has 1 spiro atoms. The number of ether oxygens (including phenoxy) is 2. The second kappa shape index (κ2) is 5.47. The topological polar surface area (TPSA) is 21.7 Å². The first kappa shape index (κ1) is 14.1. The molecule has 0 aliphatic carbocycles. The number of likely N-dealkylation sites (tertiary alicyclic amines) is 1. The molecule has 3 nitrogen and oxygen atoms in total. The van der Waals surface area contributed by atoms with E-state index >= 15 is 0 Å². The number of hydrogen-bond donors (Lipinski definition) is 0. The van der Waals surface area contributed by atoms with Crippen molar-refractivity contribution in [2.24, 2.45) is 0 Å². The lowest BCUT2D eigenvalue weighted by Crippen LogP contribution is -2.44. The Morgan fingerprint density at radius 1 is 1.00 bits per heavy atom. The Labute approximate surface area is 121 Å². The van der Waals surface area contributed by atoms with Gasteiger partial charge in [-0.2, -0.15) is 0 Å². The highest BCUT2D eigenvalue weighted by Gasteiger charge is 2.39. The molecular weight excluding hydrogens is 250 g/mol. The number of aryl methyl sites for hydroxylation is 3. The summed E-state index contributed by atoms with van der Waals surface area (Å²) in [7, 11) is 0. The van der Waals surface area contributed by atoms with Crippen LogP contribution in [0.4, 0.5) is 0 Å². The Bertz CT molecular complexity index is 459. The van der Waals surface area contributed by atoms with Crippen LogP contribution >= 0.6 is 0 Å². The second-order valence-corrected chi connectivity index (χ2v) is 6.26. The quantitative estimate of drug-likeness (QED) is 0.828. The molecule has 1 aromatic carbocycles. The average molecular weight is 275 g/mol. The van der Waals surface area contributed by atoms with Gasteiger partial charge in [0.2, 0.25) is 0 Å². The minimum atomic E-state index is -0.256. The maximum atomic E-state index is 5.79. The summed E-state index contributed by atoms with van der Waals surface area (Å²) in [5.41, 5.74) is 5.67. The van der Waals surface area contributed by atoms with E-state index < -0.39 is 0 Å². The molecule has 2 saturated heterocycles. The van der Waals surface area contributed by atoms with E-state index in [2.05, 4.69) is 37.8 Å². The van der Waals surface area contributed by atoms with Crippen molar-refractivity contribution >= 4 is 0 Å². The Balaban J connectivity index is 1.65. The van der Waals surface area contributed by atoms with Gasteiger partial charge in [0.15, 0.2) is 5.79 Å². The molecule has 0 radical (unpaired) electrons. The molecule has 0 N–H and O–H groups in total. The summed E-state index contributed by atoms with van der Waals surface area (Å²) in [4.78, 5) is 2.53. The van der Waals surface area contributed by atoms with Crippen LogP contribution in [0.25, 0.3) is 0 Å². The molecule has 110 valence electrons. The standard InChI is InChI=1S/C17H25NO2/c1-13-10-14(2)16(15(3)11-13)12-18-6-4-17(5-7-18)19-8-9-20-17/h10-11H,4-9,12H2,1-3H3. The largest absolute Gasteiger partial charge is 0.347 e. The monoisotopic (exact) mass is 275 g/mol. The Morgan fingerprint density at radius 3 is 2.10 bits per heavy atom. The lowest BCUT2D eigenvalue weighted by Gasteiger charge is -2.38. The van der Waals surface area contributed by atoms with Crippen LogP contribution in [0.5, 0.6) is 0 Å². The van der Waals surface area contributed by atoms with E-state index in [0.29, 0.717) is 0 Å². The summed E-state index contributed by atoms with van der Waals surface area (Å²) in [6, 6.07) is 4.58. The third-order valence-corrected chi connectivity index (χ3v) is 4.65. The predicted molar refractivity (Wildman–Crippen MR) is 79.8 cm³/mol. The van der Waals surface area contributed by atoms with Gasteiger partial charge in [-0.3, -0.25) is 4.90 Å². The minimum absolute atomic E-state index is 0.256. The van der Waals surface area contributed by atoms with Gasteiger partial charge in [-0.15, -0.1) is 0 Å². The van der Waals surface area contributed by atoms with Gasteiger partial charge < -0.3 is 9.47 Å². The van der Waals surface area contributed by atoms with Crippen LogP contribution in [-0.2, 0) is 16.0 Å². The molecule has 0 amide bonds. The fraction of sp³-hybridized carbons (Fsp3) is 0.647. The summed E-state index contributed by atoms with van der Waals surface area (Å²) in [6.45, 7) is 11.3. The molecule has 2 aliphatic heterocycles. The first-order valence-corrected chi connectivity index (χ1v) is 7.65. The van der Waals surface area contributed by atoms with Crippen molar-refractivity contribution < 1.29 is 9.47 Å². The smallest absolute Gasteiger partial charge is 0.170 e. The lowest BCUT2D eigenvalue weighted by molar-refractivity contribution is -0.185. The van der Waals surface area contributed by atoms with E-state index in [1.165, 1.54) is 22.3 Å². The van der Waals surface area contributed by atoms with Crippen molar-refractivity contribution in [2.75, 3.05) is 26.3 Å². The highest BCUT2D eigenvalue weighted by atomic mass is 16.7. The number of benzene rings is 1. The third kappa shape index (κ3) is 2.76. The fourth-order valence-electron chi connectivity index (χ4n) is 3.52. The first-order valence-electron chi connectivity index (χ1n) is 7.65. The number of hydrogen-bond acceptors (Lipinski definition) is 3. The molecule has 20 heavy (non-hydrogen) atoms. The molecular formula is C17H25NO2. The Hall–Kier alpha value is -0.900. The molecule has 3 heteroatoms. The Kier molecular flexibility index (Phi) is 3.85. The van der Waals surface area contributed by atoms with Crippen LogP contribution < -0.4 is 0 Å². The minimum Gasteiger partial charge on any atom is -0.347 e. The van der Waals surface area contributed by atoms with Crippen molar-refractivity contribution in [1.82, 2.24) is 4.90 Å². The highest BCUT2D eigenvalue weighted by Crippen LogP contribution is 2.32. The molecule has 2 fully saturated rings. The van der Waals surface area contributed by atoms with Crippen molar-refractivity contribution in [3.05, 3.63) is 34.4 Å². The number of nitrogens with zero attached hydrogens (tertiary/aromatic N) is 1. The molecule has 3 rings (SSSR count). The van der Waals surface area contributed by atoms with E-state index in [1.807, 2.05) is 0 Å². The highest BCUT2D eigenvalue weighted by molar-refractivity contribution is 5.37. The van der Waals surface area contributed by atoms with Gasteiger partial charge in [-0.05, 0) is 37.5 Å². The fourth-order valence-corrected chi connectivity index (χ4v) is 3.52. The summed E-state index contributed by atoms with van der Waals surface area (Å²) in [5.74, 6) is -0.256. The van der Waals surface area contributed by atoms with E-state index in [9.17, 15) is 0 Å². The zero-order valence-electron chi connectivity index (χ0n) is 12.9. The molecule has 2 heterocycles. The third-order valence-electron chi connectivity index (χ3n) is 4.65. The molecule has 0 saturated carbocycles. The molecule has 0 bridgehead atoms. The van der Waals surface area contributed by atoms with Crippen LogP contribution in [0.3, 0.4) is 0 Å². The molecule has 0 aromatic heterocycles. The molecule has 0 atom stereocenters. The van der Waals surface area contributed by atoms with Crippen molar-refractivity contribution in [3.8, 4) is 0 Å². The van der Waals surface area contributed by atoms with Gasteiger partial charge in [0.1, 0.15) is 0 Å². The van der Waals surface area contributed by atoms with Crippen LogP contribution in [0.15, 0.2) is 12.1 Å². The van der Waals surface area contributed by atoms with Gasteiger partial charge in [-0.25, -0.2) is 0 Å². The summed E-state index contributed by atoms with van der Waals surface area (Å²) < 4.78 is 11.6. The zero-order chi connectivity index (χ0) is 14.2. The maximum absolute atomic E-state index is 5.79. The van der Waals surface area contributed by atoms with E-state index in [0.717, 1.165) is 45.7 Å². The molecule has 0 unspecified atom stereocenters. The average Bonchev–Trinajstić information content (AvgIpc) is 2.85. The van der Waals surface area contributed by atoms with Crippen LogP contribution in [0, 0.1) is 20.8 Å². The predicted octanol–water partition coefficient (Wildman–Crippen LogP) is 2.95. The Morgan fingerprint density at radius 2 is 1.55 bits per heavy atom. The van der Waals surface area contributed by atoms with Crippen molar-refractivity contribution in [3.63, 3.8) is 0 Å². The van der Waals surface area contributed by atoms with E-state index in [1.54, 1.807) is 0 Å². The molecule has 1 aromatic rings. The lowest BCUT2D eigenvalue weighted by atomic mass is 9.97. The normalized spacial score (nSPS) is 22.6. The van der Waals surface area contributed by atoms with Gasteiger partial charge >= 0.3 is 0 Å². The number of rotatable bonds is 2. The number of piperidine rings is 1. The van der Waals surface area contributed by atoms with E-state index in [4.69, 9.17) is 9.47 Å². The van der Waals surface area contributed by atoms with Gasteiger partial charge in [0, 0.05) is 32.5 Å². The van der Waals surface area contributed by atoms with Gasteiger partial charge in [0.05, 0.1) is 13.2 Å². The van der Waals surface area contributed by atoms with Crippen LogP contribution in [-0.4, -0.2) is 37.0 Å². The maximum Gasteiger partial charge on any atom is 0.170 e. The summed E-state index contributed by atoms with van der Waals surface area (Å²) >= 11 is 0. The van der Waals surface area contributed by atoms with Crippen molar-refractivity contribution in [1.29, 1.82) is 0 Å². The van der Waals surface area contributed by atoms with Gasteiger partial charge in [-0.1, -0.05) is 17.7 Å². The zero-order valence-corrected chi connectivity index (χ0v) is 12.9. The second-order valence-electron chi connectivity index (χ2n) is 6.26. The van der Waals surface area contributed by atoms with Crippen LogP contribution in [0.2, 0.25) is 0 Å². The first-order chi connectivity index (χ1) is 9.58. The van der Waals surface area contributed by atoms with Crippen LogP contribution in [0.1, 0.15) is 35.1 Å². The molecule has 2 aliphatic rings. The summed E-state index contributed by atoms with van der Waals surface area (Å²) in [5, 5.41) is 0.